The number of amides is 1. The van der Waals surface area contributed by atoms with E-state index in [-0.39, 0.29) is 23.7 Å². The van der Waals surface area contributed by atoms with Crippen molar-refractivity contribution < 1.29 is 9.59 Å². The van der Waals surface area contributed by atoms with Crippen LogP contribution in [0.2, 0.25) is 0 Å². The molecule has 96 valence electrons. The van der Waals surface area contributed by atoms with Crippen molar-refractivity contribution in [2.45, 2.75) is 39.2 Å². The van der Waals surface area contributed by atoms with Gasteiger partial charge in [0.05, 0.1) is 12.0 Å². The molecule has 0 bridgehead atoms. The Balaban J connectivity index is 2.44. The first-order valence-corrected chi connectivity index (χ1v) is 6.05. The van der Waals surface area contributed by atoms with Gasteiger partial charge in [-0.15, -0.1) is 0 Å². The van der Waals surface area contributed by atoms with Crippen LogP contribution in [0.4, 0.5) is 0 Å². The smallest absolute Gasteiger partial charge is 0.223 e. The normalized spacial score (nSPS) is 29.4. The van der Waals surface area contributed by atoms with Crippen molar-refractivity contribution in [2.24, 2.45) is 16.1 Å². The minimum atomic E-state index is -0.406. The molecule has 0 radical (unpaired) electrons. The van der Waals surface area contributed by atoms with Crippen molar-refractivity contribution >= 4 is 17.4 Å². The lowest BCUT2D eigenvalue weighted by atomic mass is 9.72. The van der Waals surface area contributed by atoms with E-state index in [1.165, 1.54) is 0 Å². The van der Waals surface area contributed by atoms with Crippen LogP contribution in [-0.2, 0) is 9.59 Å². The van der Waals surface area contributed by atoms with Gasteiger partial charge < -0.3 is 5.73 Å². The molecular formula is C14H18N2O2. The van der Waals surface area contributed by atoms with Crippen LogP contribution in [-0.4, -0.2) is 22.9 Å². The predicted octanol–water partition coefficient (Wildman–Crippen LogP) is 1.56. The third-order valence-electron chi connectivity index (χ3n) is 3.44. The Hall–Kier alpha value is -1.71. The molecule has 0 fully saturated rings. The van der Waals surface area contributed by atoms with Crippen molar-refractivity contribution in [2.75, 3.05) is 0 Å². The first-order chi connectivity index (χ1) is 8.24. The van der Waals surface area contributed by atoms with Gasteiger partial charge in [-0.2, -0.15) is 0 Å². The van der Waals surface area contributed by atoms with E-state index in [0.717, 1.165) is 12.1 Å². The van der Waals surface area contributed by atoms with Crippen LogP contribution in [0.5, 0.6) is 0 Å². The van der Waals surface area contributed by atoms with Gasteiger partial charge in [-0.1, -0.05) is 12.2 Å². The number of hydrogen-bond acceptors (Lipinski definition) is 3. The second-order valence-corrected chi connectivity index (χ2v) is 5.76. The van der Waals surface area contributed by atoms with E-state index in [9.17, 15) is 9.59 Å². The average molecular weight is 246 g/mol. The van der Waals surface area contributed by atoms with Gasteiger partial charge in [0.1, 0.15) is 0 Å². The van der Waals surface area contributed by atoms with Gasteiger partial charge in [-0.3, -0.25) is 14.6 Å². The van der Waals surface area contributed by atoms with Crippen LogP contribution in [0.3, 0.4) is 0 Å². The fourth-order valence-corrected chi connectivity index (χ4v) is 2.85. The van der Waals surface area contributed by atoms with E-state index >= 15 is 0 Å². The van der Waals surface area contributed by atoms with Gasteiger partial charge in [0.25, 0.3) is 0 Å². The molecule has 0 aromatic heterocycles. The monoisotopic (exact) mass is 246 g/mol. The maximum Gasteiger partial charge on any atom is 0.223 e. The first-order valence-electron chi connectivity index (χ1n) is 6.05. The molecule has 18 heavy (non-hydrogen) atoms. The Morgan fingerprint density at radius 3 is 2.72 bits per heavy atom. The summed E-state index contributed by atoms with van der Waals surface area (Å²) in [5.74, 6) is -0.370. The molecule has 2 rings (SSSR count). The molecule has 0 unspecified atom stereocenters. The van der Waals surface area contributed by atoms with Crippen LogP contribution in [0.1, 0.15) is 33.6 Å². The second kappa shape index (κ2) is 3.90. The zero-order chi connectivity index (χ0) is 13.6. The summed E-state index contributed by atoms with van der Waals surface area (Å²) in [6.45, 7) is 5.84. The van der Waals surface area contributed by atoms with E-state index in [0.29, 0.717) is 5.57 Å². The number of allylic oxidation sites excluding steroid dienone is 4. The van der Waals surface area contributed by atoms with Crippen molar-refractivity contribution in [1.29, 1.82) is 0 Å². The summed E-state index contributed by atoms with van der Waals surface area (Å²) in [6, 6.07) is 0. The number of nitrogens with two attached hydrogens (primary N) is 1. The van der Waals surface area contributed by atoms with Gasteiger partial charge in [0.2, 0.25) is 5.91 Å². The Kier molecular flexibility index (Phi) is 2.76. The number of rotatable bonds is 2. The van der Waals surface area contributed by atoms with Crippen molar-refractivity contribution in [3.8, 4) is 0 Å². The number of carbonyl (C=O) groups is 2. The van der Waals surface area contributed by atoms with Crippen molar-refractivity contribution in [3.05, 3.63) is 23.8 Å². The number of primary amides is 1. The SMILES string of the molecule is CC1=C[C@]2(C=CC1=O)CC(C)(C)N=C2CC(N)=O. The Morgan fingerprint density at radius 1 is 1.50 bits per heavy atom. The van der Waals surface area contributed by atoms with E-state index in [1.54, 1.807) is 13.0 Å². The molecule has 4 nitrogen and oxygen atoms in total. The quantitative estimate of drug-likeness (QED) is 0.803. The van der Waals surface area contributed by atoms with E-state index in [4.69, 9.17) is 5.73 Å². The lowest BCUT2D eigenvalue weighted by molar-refractivity contribution is -0.117. The van der Waals surface area contributed by atoms with Crippen LogP contribution in [0.15, 0.2) is 28.8 Å². The van der Waals surface area contributed by atoms with Crippen LogP contribution in [0, 0.1) is 5.41 Å². The van der Waals surface area contributed by atoms with Gasteiger partial charge in [-0.25, -0.2) is 0 Å². The zero-order valence-corrected chi connectivity index (χ0v) is 11.0. The maximum atomic E-state index is 11.5. The van der Waals surface area contributed by atoms with Gasteiger partial charge in [0, 0.05) is 11.1 Å². The summed E-state index contributed by atoms with van der Waals surface area (Å²) >= 11 is 0. The highest BCUT2D eigenvalue weighted by molar-refractivity contribution is 6.11. The molecule has 1 spiro atoms. The topological polar surface area (TPSA) is 72.5 Å². The Labute approximate surface area is 107 Å². The van der Waals surface area contributed by atoms with Crippen LogP contribution < -0.4 is 5.73 Å². The number of carbonyl (C=O) groups excluding carboxylic acids is 2. The molecule has 1 atom stereocenters. The molecular weight excluding hydrogens is 228 g/mol. The molecule has 0 saturated heterocycles. The second-order valence-electron chi connectivity index (χ2n) is 5.76. The molecule has 2 aliphatic rings. The first kappa shape index (κ1) is 12.7. The van der Waals surface area contributed by atoms with E-state index in [1.807, 2.05) is 26.0 Å². The Morgan fingerprint density at radius 2 is 2.17 bits per heavy atom. The predicted molar refractivity (Wildman–Crippen MR) is 70.3 cm³/mol. The molecule has 0 aromatic carbocycles. The highest BCUT2D eigenvalue weighted by Crippen LogP contribution is 2.45. The molecule has 1 aliphatic carbocycles. The lowest BCUT2D eigenvalue weighted by Crippen LogP contribution is -2.31. The fraction of sp³-hybridized carbons (Fsp3) is 0.500. The van der Waals surface area contributed by atoms with E-state index < -0.39 is 5.41 Å². The minimum Gasteiger partial charge on any atom is -0.369 e. The van der Waals surface area contributed by atoms with Crippen LogP contribution in [0.25, 0.3) is 0 Å². The molecule has 1 heterocycles. The number of ketones is 1. The van der Waals surface area contributed by atoms with E-state index in [2.05, 4.69) is 4.99 Å². The molecule has 2 N–H and O–H groups in total. The average Bonchev–Trinajstić information content (AvgIpc) is 2.43. The number of aliphatic imine (C=N–C) groups is 1. The molecule has 0 aromatic rings. The maximum absolute atomic E-state index is 11.5. The summed E-state index contributed by atoms with van der Waals surface area (Å²) in [6.07, 6.45) is 6.27. The largest absolute Gasteiger partial charge is 0.369 e. The molecule has 0 saturated carbocycles. The number of nitrogens with zero attached hydrogens (tertiary/aromatic N) is 1. The third kappa shape index (κ3) is 2.15. The highest BCUT2D eigenvalue weighted by Gasteiger charge is 2.45. The molecule has 1 amide bonds. The van der Waals surface area contributed by atoms with Gasteiger partial charge in [0.15, 0.2) is 5.78 Å². The van der Waals surface area contributed by atoms with Crippen LogP contribution >= 0.6 is 0 Å². The summed E-state index contributed by atoms with van der Waals surface area (Å²) in [5, 5.41) is 0. The summed E-state index contributed by atoms with van der Waals surface area (Å²) in [4.78, 5) is 27.3. The molecule has 4 heteroatoms. The van der Waals surface area contributed by atoms with Gasteiger partial charge in [-0.05, 0) is 38.8 Å². The lowest BCUT2D eigenvalue weighted by Gasteiger charge is -2.28. The summed E-state index contributed by atoms with van der Waals surface area (Å²) in [5.41, 5.74) is 6.11. The van der Waals surface area contributed by atoms with Crippen molar-refractivity contribution in [3.63, 3.8) is 0 Å². The van der Waals surface area contributed by atoms with Crippen molar-refractivity contribution in [1.82, 2.24) is 0 Å². The number of hydrogen-bond donors (Lipinski definition) is 1. The summed E-state index contributed by atoms with van der Waals surface area (Å²) in [7, 11) is 0. The fourth-order valence-electron chi connectivity index (χ4n) is 2.85. The molecule has 1 aliphatic heterocycles. The van der Waals surface area contributed by atoms with Gasteiger partial charge >= 0.3 is 0 Å². The third-order valence-corrected chi connectivity index (χ3v) is 3.44. The summed E-state index contributed by atoms with van der Waals surface area (Å²) < 4.78 is 0. The minimum absolute atomic E-state index is 0.0174. The highest BCUT2D eigenvalue weighted by atomic mass is 16.1. The standard InChI is InChI=1S/C14H18N2O2/c1-9-7-14(5-4-10(9)17)8-13(2,3)16-11(14)6-12(15)18/h4-5,7H,6,8H2,1-3H3,(H2,15,18)/t14-/m1/s1. The Bertz CT molecular complexity index is 512. The zero-order valence-electron chi connectivity index (χ0n) is 11.0.